The van der Waals surface area contributed by atoms with Crippen LogP contribution in [0.2, 0.25) is 0 Å². The van der Waals surface area contributed by atoms with E-state index in [-0.39, 0.29) is 11.4 Å². The maximum Gasteiger partial charge on any atom is 0.444 e. The van der Waals surface area contributed by atoms with Crippen LogP contribution in [0.25, 0.3) is 0 Å². The van der Waals surface area contributed by atoms with Crippen molar-refractivity contribution in [3.63, 3.8) is 0 Å². The fraction of sp³-hybridized carbons (Fsp3) is 0.154. The Balaban J connectivity index is 1.63. The highest BCUT2D eigenvalue weighted by molar-refractivity contribution is 7.99. The molecule has 186 valence electrons. The monoisotopic (exact) mass is 514 g/mol. The lowest BCUT2D eigenvalue weighted by Gasteiger charge is -2.15. The third-order valence-corrected chi connectivity index (χ3v) is 5.99. The van der Waals surface area contributed by atoms with Crippen LogP contribution < -0.4 is 0 Å². The van der Waals surface area contributed by atoms with Gasteiger partial charge in [0.15, 0.2) is 11.4 Å². The molecule has 0 N–H and O–H groups in total. The van der Waals surface area contributed by atoms with Gasteiger partial charge in [-0.15, -0.1) is 0 Å². The molecule has 0 aliphatic rings. The Bertz CT molecular complexity index is 1360. The summed E-state index contributed by atoms with van der Waals surface area (Å²) in [5, 5.41) is 26.2. The van der Waals surface area contributed by atoms with Crippen molar-refractivity contribution in [1.82, 2.24) is 9.47 Å². The maximum absolute atomic E-state index is 12.0. The SMILES string of the molecule is CCN(CC)C(=O)O/N=C(\C#N)c1ccc(Sc2ccc(/C(C#N)=N/OC(=O)n3cccc3)cc2)cc1. The van der Waals surface area contributed by atoms with Crippen molar-refractivity contribution in [1.29, 1.82) is 10.5 Å². The number of carbonyl (C=O) groups excluding carboxylic acids is 2. The topological polar surface area (TPSA) is 133 Å². The molecule has 10 nitrogen and oxygen atoms in total. The van der Waals surface area contributed by atoms with Crippen LogP contribution in [0.4, 0.5) is 9.59 Å². The second kappa shape index (κ2) is 13.3. The van der Waals surface area contributed by atoms with Gasteiger partial charge in [-0.1, -0.05) is 46.3 Å². The Hall–Kier alpha value is -4.87. The first-order valence-corrected chi connectivity index (χ1v) is 12.0. The Morgan fingerprint density at radius 3 is 1.73 bits per heavy atom. The second-order valence-corrected chi connectivity index (χ2v) is 8.38. The van der Waals surface area contributed by atoms with Gasteiger partial charge < -0.3 is 4.90 Å². The van der Waals surface area contributed by atoms with Crippen LogP contribution in [0.3, 0.4) is 0 Å². The minimum atomic E-state index is -0.722. The van der Waals surface area contributed by atoms with Crippen LogP contribution >= 0.6 is 11.8 Å². The predicted molar refractivity (Wildman–Crippen MR) is 137 cm³/mol. The van der Waals surface area contributed by atoms with E-state index in [2.05, 4.69) is 10.3 Å². The molecule has 1 aromatic heterocycles. The van der Waals surface area contributed by atoms with E-state index in [4.69, 9.17) is 9.68 Å². The van der Waals surface area contributed by atoms with Crippen LogP contribution in [0.15, 0.2) is 93.2 Å². The van der Waals surface area contributed by atoms with Gasteiger partial charge in [-0.25, -0.2) is 9.59 Å². The van der Waals surface area contributed by atoms with Crippen LogP contribution in [0.5, 0.6) is 0 Å². The Labute approximate surface area is 218 Å². The molecule has 1 amide bonds. The molecule has 1 heterocycles. The molecule has 11 heteroatoms. The molecular weight excluding hydrogens is 492 g/mol. The van der Waals surface area contributed by atoms with Crippen LogP contribution in [0, 0.1) is 22.7 Å². The van der Waals surface area contributed by atoms with Crippen molar-refractivity contribution in [3.8, 4) is 12.1 Å². The largest absolute Gasteiger partial charge is 0.444 e. The fourth-order valence-corrected chi connectivity index (χ4v) is 3.80. The molecule has 2 aromatic carbocycles. The van der Waals surface area contributed by atoms with Gasteiger partial charge >= 0.3 is 12.2 Å². The van der Waals surface area contributed by atoms with Gasteiger partial charge in [0.05, 0.1) is 0 Å². The van der Waals surface area contributed by atoms with Crippen molar-refractivity contribution < 1.29 is 19.3 Å². The zero-order valence-corrected chi connectivity index (χ0v) is 20.9. The Morgan fingerprint density at radius 2 is 1.30 bits per heavy atom. The van der Waals surface area contributed by atoms with Crippen LogP contribution in [-0.4, -0.2) is 46.2 Å². The normalized spacial score (nSPS) is 11.2. The standard InChI is InChI=1S/C26H22N6O4S/c1-3-31(4-2)25(33)35-29-23(17-27)19-7-11-21(12-8-19)37-22-13-9-20(10-14-22)24(18-28)30-36-26(34)32-15-5-6-16-32/h5-16H,3-4H2,1-2H3/b29-23+,30-24+. The van der Waals surface area contributed by atoms with Gasteiger partial charge in [0.2, 0.25) is 0 Å². The van der Waals surface area contributed by atoms with Gasteiger partial charge in [-0.3, -0.25) is 14.2 Å². The summed E-state index contributed by atoms with van der Waals surface area (Å²) >= 11 is 1.46. The summed E-state index contributed by atoms with van der Waals surface area (Å²) in [5.74, 6) is 0. The predicted octanol–water partition coefficient (Wildman–Crippen LogP) is 5.26. The number of hydrogen-bond acceptors (Lipinski definition) is 9. The summed E-state index contributed by atoms with van der Waals surface area (Å²) < 4.78 is 1.20. The Kier molecular flexibility index (Phi) is 9.59. The molecule has 0 aliphatic carbocycles. The van der Waals surface area contributed by atoms with E-state index in [1.165, 1.54) is 33.6 Å². The summed E-state index contributed by atoms with van der Waals surface area (Å²) in [6, 6.07) is 21.3. The van der Waals surface area contributed by atoms with Gasteiger partial charge in [-0.05, 0) is 50.2 Å². The van der Waals surface area contributed by atoms with Crippen molar-refractivity contribution in [2.75, 3.05) is 13.1 Å². The highest BCUT2D eigenvalue weighted by atomic mass is 32.2. The first-order chi connectivity index (χ1) is 18.0. The molecule has 37 heavy (non-hydrogen) atoms. The zero-order valence-electron chi connectivity index (χ0n) is 20.1. The van der Waals surface area contributed by atoms with E-state index in [1.807, 2.05) is 50.3 Å². The molecule has 0 saturated heterocycles. The number of nitrogens with zero attached hydrogens (tertiary/aromatic N) is 6. The average Bonchev–Trinajstić information content (AvgIpc) is 3.47. The number of rotatable bonds is 8. The molecule has 3 aromatic rings. The van der Waals surface area contributed by atoms with Crippen molar-refractivity contribution in [2.24, 2.45) is 10.3 Å². The van der Waals surface area contributed by atoms with Crippen molar-refractivity contribution in [3.05, 3.63) is 84.2 Å². The van der Waals surface area contributed by atoms with Crippen LogP contribution in [-0.2, 0) is 9.68 Å². The molecular formula is C26H22N6O4S. The molecule has 0 aliphatic heterocycles. The number of carbonyl (C=O) groups is 2. The summed E-state index contributed by atoms with van der Waals surface area (Å²) in [5.41, 5.74) is 0.962. The summed E-state index contributed by atoms with van der Waals surface area (Å²) in [7, 11) is 0. The third kappa shape index (κ3) is 7.31. The molecule has 3 rings (SSSR count). The minimum Gasteiger partial charge on any atom is -0.307 e. The summed E-state index contributed by atoms with van der Waals surface area (Å²) in [4.78, 5) is 36.8. The lowest BCUT2D eigenvalue weighted by Crippen LogP contribution is -2.30. The van der Waals surface area contributed by atoms with Crippen molar-refractivity contribution in [2.45, 2.75) is 23.6 Å². The number of benzene rings is 2. The summed E-state index contributed by atoms with van der Waals surface area (Å²) in [6.45, 7) is 4.60. The maximum atomic E-state index is 12.0. The molecule has 0 fully saturated rings. The smallest absolute Gasteiger partial charge is 0.307 e. The van der Waals surface area contributed by atoms with E-state index < -0.39 is 12.2 Å². The third-order valence-electron chi connectivity index (χ3n) is 4.97. The lowest BCUT2D eigenvalue weighted by atomic mass is 10.1. The first kappa shape index (κ1) is 26.7. The summed E-state index contributed by atoms with van der Waals surface area (Å²) in [6.07, 6.45) is 1.69. The van der Waals surface area contributed by atoms with Gasteiger partial charge in [-0.2, -0.15) is 10.5 Å². The highest BCUT2D eigenvalue weighted by Gasteiger charge is 2.13. The minimum absolute atomic E-state index is 0.0118. The number of nitriles is 2. The molecule has 0 radical (unpaired) electrons. The second-order valence-electron chi connectivity index (χ2n) is 7.23. The fourth-order valence-electron chi connectivity index (χ4n) is 2.99. The highest BCUT2D eigenvalue weighted by Crippen LogP contribution is 2.28. The van der Waals surface area contributed by atoms with E-state index in [1.54, 1.807) is 36.4 Å². The lowest BCUT2D eigenvalue weighted by molar-refractivity contribution is 0.110. The number of hydrogen-bond donors (Lipinski definition) is 0. The van der Waals surface area contributed by atoms with E-state index in [0.717, 1.165) is 9.79 Å². The average molecular weight is 515 g/mol. The van der Waals surface area contributed by atoms with Gasteiger partial charge in [0.25, 0.3) is 0 Å². The van der Waals surface area contributed by atoms with Gasteiger partial charge in [0.1, 0.15) is 12.1 Å². The number of oxime groups is 2. The first-order valence-electron chi connectivity index (χ1n) is 11.1. The van der Waals surface area contributed by atoms with E-state index in [0.29, 0.717) is 24.2 Å². The molecule has 0 atom stereocenters. The Morgan fingerprint density at radius 1 is 0.838 bits per heavy atom. The molecule has 0 unspecified atom stereocenters. The quantitative estimate of drug-likeness (QED) is 0.227. The van der Waals surface area contributed by atoms with Crippen molar-refractivity contribution >= 4 is 35.4 Å². The van der Waals surface area contributed by atoms with Crippen LogP contribution in [0.1, 0.15) is 25.0 Å². The molecule has 0 bridgehead atoms. The van der Waals surface area contributed by atoms with E-state index >= 15 is 0 Å². The molecule has 0 spiro atoms. The van der Waals surface area contributed by atoms with E-state index in [9.17, 15) is 20.1 Å². The molecule has 0 saturated carbocycles. The van der Waals surface area contributed by atoms with Gasteiger partial charge in [0, 0.05) is 46.4 Å². The zero-order chi connectivity index (χ0) is 26.6. The number of amides is 1. The number of aromatic nitrogens is 1.